The first-order chi connectivity index (χ1) is 16.5. The molecule has 0 unspecified atom stereocenters. The van der Waals surface area contributed by atoms with Crippen LogP contribution in [0, 0.1) is 6.92 Å². The van der Waals surface area contributed by atoms with Gasteiger partial charge in [0.1, 0.15) is 5.15 Å². The van der Waals surface area contributed by atoms with Crippen LogP contribution < -0.4 is 10.6 Å². The van der Waals surface area contributed by atoms with Gasteiger partial charge in [0, 0.05) is 43.7 Å². The van der Waals surface area contributed by atoms with E-state index in [4.69, 9.17) is 21.8 Å². The summed E-state index contributed by atoms with van der Waals surface area (Å²) in [6.45, 7) is 6.00. The Balaban J connectivity index is 1.18. The lowest BCUT2D eigenvalue weighted by atomic mass is 10.1. The number of pyridine rings is 1. The number of furan rings is 1. The van der Waals surface area contributed by atoms with Gasteiger partial charge in [0.15, 0.2) is 5.76 Å². The Morgan fingerprint density at radius 2 is 1.88 bits per heavy atom. The van der Waals surface area contributed by atoms with Crippen LogP contribution in [0.3, 0.4) is 0 Å². The van der Waals surface area contributed by atoms with Crippen LogP contribution in [0.1, 0.15) is 11.1 Å². The van der Waals surface area contributed by atoms with E-state index in [-0.39, 0.29) is 5.95 Å². The highest BCUT2D eigenvalue weighted by Gasteiger charge is 2.22. The molecule has 5 heterocycles. The maximum Gasteiger partial charge on any atom is 0.259 e. The maximum absolute atomic E-state index is 6.49. The van der Waals surface area contributed by atoms with Crippen molar-refractivity contribution in [1.82, 2.24) is 34.4 Å². The molecule has 34 heavy (non-hydrogen) atoms. The number of benzene rings is 1. The molecule has 11 heteroatoms. The van der Waals surface area contributed by atoms with Crippen molar-refractivity contribution in [2.24, 2.45) is 0 Å². The zero-order valence-electron chi connectivity index (χ0n) is 18.5. The van der Waals surface area contributed by atoms with Crippen molar-refractivity contribution < 1.29 is 4.42 Å². The lowest BCUT2D eigenvalue weighted by Gasteiger charge is -2.34. The molecule has 0 aliphatic carbocycles. The summed E-state index contributed by atoms with van der Waals surface area (Å²) in [5, 5.41) is 6.02. The number of aryl methyl sites for hydroxylation is 1. The number of hydrogen-bond donors (Lipinski definition) is 1. The van der Waals surface area contributed by atoms with Gasteiger partial charge < -0.3 is 15.1 Å². The fraction of sp³-hybridized carbons (Fsp3) is 0.261. The average molecular weight is 476 g/mol. The molecule has 0 spiro atoms. The predicted octanol–water partition coefficient (Wildman–Crippen LogP) is 3.19. The van der Waals surface area contributed by atoms with Crippen molar-refractivity contribution in [3.63, 3.8) is 0 Å². The second-order valence-corrected chi connectivity index (χ2v) is 8.76. The van der Waals surface area contributed by atoms with E-state index in [1.54, 1.807) is 18.4 Å². The predicted molar refractivity (Wildman–Crippen MR) is 130 cm³/mol. The lowest BCUT2D eigenvalue weighted by molar-refractivity contribution is 0.248. The number of nitrogens with two attached hydrogens (primary N) is 1. The van der Waals surface area contributed by atoms with Gasteiger partial charge in [-0.05, 0) is 37.3 Å². The Hall–Kier alpha value is -3.76. The van der Waals surface area contributed by atoms with Crippen LogP contribution in [0.4, 0.5) is 11.9 Å². The summed E-state index contributed by atoms with van der Waals surface area (Å²) in [5.74, 6) is 2.14. The average Bonchev–Trinajstić information content (AvgIpc) is 3.50. The number of hydrogen-bond acceptors (Lipinski definition) is 9. The molecule has 0 bridgehead atoms. The number of piperazine rings is 1. The number of halogens is 1. The molecule has 4 aromatic heterocycles. The summed E-state index contributed by atoms with van der Waals surface area (Å²) in [6, 6.07) is 11.9. The number of nitrogens with zero attached hydrogens (tertiary/aromatic N) is 8. The Kier molecular flexibility index (Phi) is 5.04. The molecule has 1 aliphatic heterocycles. The molecule has 6 rings (SSSR count). The first kappa shape index (κ1) is 20.8. The fourth-order valence-electron chi connectivity index (χ4n) is 4.22. The Morgan fingerprint density at radius 1 is 1.03 bits per heavy atom. The largest absolute Gasteiger partial charge is 0.461 e. The molecule has 0 atom stereocenters. The van der Waals surface area contributed by atoms with Gasteiger partial charge in [-0.2, -0.15) is 19.5 Å². The molecule has 5 aromatic rings. The molecule has 0 amide bonds. The van der Waals surface area contributed by atoms with Crippen LogP contribution in [-0.2, 0) is 6.54 Å². The first-order valence-corrected chi connectivity index (χ1v) is 11.4. The molecule has 0 saturated carbocycles. The van der Waals surface area contributed by atoms with Crippen LogP contribution in [0.15, 0.2) is 47.1 Å². The highest BCUT2D eigenvalue weighted by molar-refractivity contribution is 6.30. The van der Waals surface area contributed by atoms with Gasteiger partial charge in [0.2, 0.25) is 17.7 Å². The van der Waals surface area contributed by atoms with E-state index < -0.39 is 0 Å². The summed E-state index contributed by atoms with van der Waals surface area (Å²) >= 11 is 6.49. The molecule has 1 aromatic carbocycles. The number of anilines is 2. The van der Waals surface area contributed by atoms with Crippen molar-refractivity contribution in [2.45, 2.75) is 13.5 Å². The van der Waals surface area contributed by atoms with E-state index in [9.17, 15) is 0 Å². The van der Waals surface area contributed by atoms with Crippen LogP contribution in [0.5, 0.6) is 0 Å². The SMILES string of the molecule is Cc1ccc2nc(Cl)c(CN3CCN(c4nc(N)n5nc(-c6ccco6)nc5n4)CC3)cc2c1. The van der Waals surface area contributed by atoms with Gasteiger partial charge in [0.25, 0.3) is 5.78 Å². The summed E-state index contributed by atoms with van der Waals surface area (Å²) in [7, 11) is 0. The minimum Gasteiger partial charge on any atom is -0.461 e. The van der Waals surface area contributed by atoms with Crippen LogP contribution in [0.2, 0.25) is 5.15 Å². The highest BCUT2D eigenvalue weighted by atomic mass is 35.5. The number of nitrogen functional groups attached to an aromatic ring is 1. The zero-order chi connectivity index (χ0) is 23.2. The second kappa shape index (κ2) is 8.23. The zero-order valence-corrected chi connectivity index (χ0v) is 19.3. The van der Waals surface area contributed by atoms with Crippen LogP contribution in [-0.4, -0.2) is 60.6 Å². The van der Waals surface area contributed by atoms with E-state index >= 15 is 0 Å². The fourth-order valence-corrected chi connectivity index (χ4v) is 4.43. The molecule has 0 radical (unpaired) electrons. The standard InChI is InChI=1S/C23H22ClN9O/c1-14-4-5-17-15(11-14)12-16(19(24)26-17)13-31-6-8-32(9-7-31)22-28-21(25)33-23(29-22)27-20(30-33)18-3-2-10-34-18/h2-5,10-12H,6-9,13H2,1H3,(H2,25,27,28,29,30). The minimum absolute atomic E-state index is 0.233. The minimum atomic E-state index is 0.233. The number of rotatable bonds is 4. The normalized spacial score (nSPS) is 14.9. The lowest BCUT2D eigenvalue weighted by Crippen LogP contribution is -2.46. The Morgan fingerprint density at radius 3 is 2.68 bits per heavy atom. The van der Waals surface area contributed by atoms with Crippen molar-refractivity contribution >= 4 is 40.2 Å². The number of fused-ring (bicyclic) bond motifs is 2. The van der Waals surface area contributed by atoms with Crippen molar-refractivity contribution in [2.75, 3.05) is 36.8 Å². The molecule has 172 valence electrons. The Bertz CT molecular complexity index is 1490. The van der Waals surface area contributed by atoms with Gasteiger partial charge in [-0.25, -0.2) is 4.98 Å². The van der Waals surface area contributed by atoms with Gasteiger partial charge in [-0.3, -0.25) is 4.90 Å². The molecule has 1 fully saturated rings. The molecule has 10 nitrogen and oxygen atoms in total. The third-order valence-electron chi connectivity index (χ3n) is 6.01. The smallest absolute Gasteiger partial charge is 0.259 e. The van der Waals surface area contributed by atoms with Gasteiger partial charge >= 0.3 is 0 Å². The van der Waals surface area contributed by atoms with Gasteiger partial charge in [0.05, 0.1) is 11.8 Å². The molecular weight excluding hydrogens is 454 g/mol. The molecule has 2 N–H and O–H groups in total. The molecular formula is C23H22ClN9O. The number of aromatic nitrogens is 6. The molecule has 1 aliphatic rings. The van der Waals surface area contributed by atoms with Crippen molar-refractivity contribution in [1.29, 1.82) is 0 Å². The van der Waals surface area contributed by atoms with E-state index in [2.05, 4.69) is 53.9 Å². The third kappa shape index (κ3) is 3.80. The van der Waals surface area contributed by atoms with Crippen molar-refractivity contribution in [3.05, 3.63) is 58.9 Å². The van der Waals surface area contributed by atoms with E-state index in [0.29, 0.717) is 28.5 Å². The third-order valence-corrected chi connectivity index (χ3v) is 6.34. The van der Waals surface area contributed by atoms with Crippen molar-refractivity contribution in [3.8, 4) is 11.6 Å². The summed E-state index contributed by atoms with van der Waals surface area (Å²) in [5.41, 5.74) is 9.30. The topological polar surface area (TPSA) is 114 Å². The van der Waals surface area contributed by atoms with E-state index in [1.165, 1.54) is 10.1 Å². The summed E-state index contributed by atoms with van der Waals surface area (Å²) < 4.78 is 6.80. The summed E-state index contributed by atoms with van der Waals surface area (Å²) in [4.78, 5) is 22.5. The van der Waals surface area contributed by atoms with E-state index in [1.807, 2.05) is 12.1 Å². The summed E-state index contributed by atoms with van der Waals surface area (Å²) in [6.07, 6.45) is 1.57. The van der Waals surface area contributed by atoms with E-state index in [0.717, 1.165) is 49.2 Å². The highest BCUT2D eigenvalue weighted by Crippen LogP contribution is 2.24. The monoisotopic (exact) mass is 475 g/mol. The second-order valence-electron chi connectivity index (χ2n) is 8.40. The first-order valence-electron chi connectivity index (χ1n) is 11.0. The van der Waals surface area contributed by atoms with Gasteiger partial charge in [-0.15, -0.1) is 5.10 Å². The molecule has 1 saturated heterocycles. The Labute approximate surface area is 200 Å². The van der Waals surface area contributed by atoms with Crippen LogP contribution >= 0.6 is 11.6 Å². The maximum atomic E-state index is 6.49. The van der Waals surface area contributed by atoms with Crippen LogP contribution in [0.25, 0.3) is 28.3 Å². The quantitative estimate of drug-likeness (QED) is 0.391. The van der Waals surface area contributed by atoms with Gasteiger partial charge in [-0.1, -0.05) is 23.2 Å².